The van der Waals surface area contributed by atoms with Crippen molar-refractivity contribution in [3.05, 3.63) is 11.6 Å². The summed E-state index contributed by atoms with van der Waals surface area (Å²) in [5.41, 5.74) is 0.0929. The summed E-state index contributed by atoms with van der Waals surface area (Å²) in [4.78, 5) is 12.4. The average molecular weight is 913 g/mol. The minimum absolute atomic E-state index is 0.0286. The van der Waals surface area contributed by atoms with Gasteiger partial charge in [-0.2, -0.15) is 0 Å². The second-order valence-electron chi connectivity index (χ2n) is 23.2. The highest BCUT2D eigenvalue weighted by atomic mass is 16.8. The van der Waals surface area contributed by atoms with Crippen LogP contribution in [-0.4, -0.2) is 168 Å². The molecule has 3 heterocycles. The predicted octanol–water partition coefficient (Wildman–Crippen LogP) is 1.34. The molecule has 3 saturated heterocycles. The maximum Gasteiger partial charge on any atom is 0.335 e. The van der Waals surface area contributed by atoms with E-state index in [9.17, 15) is 55.9 Å². The number of hydrogen-bond donors (Lipinski definition) is 10. The first kappa shape index (κ1) is 49.0. The highest BCUT2D eigenvalue weighted by molar-refractivity contribution is 5.73. The van der Waals surface area contributed by atoms with E-state index < -0.39 is 110 Å². The summed E-state index contributed by atoms with van der Waals surface area (Å²) in [6.07, 6.45) is -14.5. The van der Waals surface area contributed by atoms with Crippen LogP contribution < -0.4 is 0 Å². The van der Waals surface area contributed by atoms with E-state index >= 15 is 0 Å². The highest BCUT2D eigenvalue weighted by Crippen LogP contribution is 2.76. The number of allylic oxidation sites excluding steroid dienone is 2. The SMILES string of the molecule is C[C@@H]1OC(O[C@H]2C(O[C@H]3C(O[C@H]4CC[C@@]5(C)C(CC[C@]6(C)C5CC=C5C7CC(C)(C)C[C@@H](O)[C@]7(C)CC[C@]56C)[C@@]4(C)CO)O[C@H](C(=O)O)[C@@H](O)[C@@H]3O)OC[C@H](O)[C@@H]2O)[C@H](O)[C@H](O)[C@H]1O. The van der Waals surface area contributed by atoms with Crippen molar-refractivity contribution in [2.45, 2.75) is 211 Å². The van der Waals surface area contributed by atoms with Gasteiger partial charge in [0.25, 0.3) is 0 Å². The number of carbonyl (C=O) groups is 1. The standard InChI is InChI=1S/C47H76O17/c1-21-29(51)31(53)34(56)39(60-21)63-36-30(52)24(49)19-59-40(36)64-37-33(55)32(54)35(38(57)58)62-41(37)61-28-12-13-44(5)25(45(28,6)20-48)11-14-47(8)26(44)10-9-22-23-17-42(2,3)18-27(50)43(23,4)15-16-46(22,47)7/h9,21,23-37,39-41,48-56H,10-20H2,1-8H3,(H,57,58)/t21-,23?,24-,25?,26?,27+,28-,29-,30-,31+,32-,33-,34+,35-,36+,37+,39?,40?,41?,43+,44-,45+,46+,47+/m0/s1. The van der Waals surface area contributed by atoms with Crippen LogP contribution in [0.2, 0.25) is 0 Å². The van der Waals surface area contributed by atoms with Gasteiger partial charge in [-0.3, -0.25) is 0 Å². The Morgan fingerprint density at radius 3 is 2.05 bits per heavy atom. The average Bonchev–Trinajstić information content (AvgIpc) is 3.22. The Labute approximate surface area is 376 Å². The number of hydrogen-bond acceptors (Lipinski definition) is 16. The molecule has 0 amide bonds. The molecule has 8 aliphatic rings. The molecule has 64 heavy (non-hydrogen) atoms. The fraction of sp³-hybridized carbons (Fsp3) is 0.936. The highest BCUT2D eigenvalue weighted by Gasteiger charge is 2.70. The normalized spacial score (nSPS) is 56.1. The van der Waals surface area contributed by atoms with E-state index in [1.807, 2.05) is 6.92 Å². The monoisotopic (exact) mass is 913 g/mol. The largest absolute Gasteiger partial charge is 0.479 e. The molecule has 3 aliphatic heterocycles. The summed E-state index contributed by atoms with van der Waals surface area (Å²) in [5.74, 6) is -1.05. The van der Waals surface area contributed by atoms with Crippen molar-refractivity contribution < 1.29 is 84.3 Å². The van der Waals surface area contributed by atoms with Crippen LogP contribution in [0.15, 0.2) is 11.6 Å². The van der Waals surface area contributed by atoms with Gasteiger partial charge in [-0.15, -0.1) is 0 Å². The molecule has 0 aromatic heterocycles. The van der Waals surface area contributed by atoms with E-state index in [0.717, 1.165) is 44.9 Å². The van der Waals surface area contributed by atoms with E-state index in [0.29, 0.717) is 18.8 Å². The van der Waals surface area contributed by atoms with Crippen molar-refractivity contribution >= 4 is 5.97 Å². The number of carboxylic acids is 1. The van der Waals surface area contributed by atoms with E-state index in [2.05, 4.69) is 47.6 Å². The zero-order valence-electron chi connectivity index (χ0n) is 38.7. The third kappa shape index (κ3) is 7.49. The van der Waals surface area contributed by atoms with Crippen molar-refractivity contribution in [3.8, 4) is 0 Å². The maximum atomic E-state index is 12.4. The van der Waals surface area contributed by atoms with E-state index in [1.165, 1.54) is 12.5 Å². The topological polar surface area (TPSA) is 275 Å². The second-order valence-corrected chi connectivity index (χ2v) is 23.2. The Morgan fingerprint density at radius 2 is 1.38 bits per heavy atom. The molecule has 0 bridgehead atoms. The van der Waals surface area contributed by atoms with Crippen molar-refractivity contribution in [2.75, 3.05) is 13.2 Å². The predicted molar refractivity (Wildman–Crippen MR) is 225 cm³/mol. The van der Waals surface area contributed by atoms with Crippen LogP contribution in [0.4, 0.5) is 0 Å². The lowest BCUT2D eigenvalue weighted by Gasteiger charge is -2.72. The van der Waals surface area contributed by atoms with E-state index in [-0.39, 0.29) is 51.6 Å². The first-order chi connectivity index (χ1) is 29.8. The molecule has 17 nitrogen and oxygen atoms in total. The molecule has 24 atom stereocenters. The summed E-state index contributed by atoms with van der Waals surface area (Å²) >= 11 is 0. The second kappa shape index (κ2) is 16.9. The molecule has 17 heteroatoms. The van der Waals surface area contributed by atoms with Crippen molar-refractivity contribution in [1.82, 2.24) is 0 Å². The molecule has 7 fully saturated rings. The summed E-state index contributed by atoms with van der Waals surface area (Å²) in [6, 6.07) is 0. The molecule has 0 radical (unpaired) electrons. The number of aliphatic hydroxyl groups is 9. The number of aliphatic carboxylic acids is 1. The molecule has 4 saturated carbocycles. The van der Waals surface area contributed by atoms with Crippen LogP contribution in [0, 0.1) is 50.2 Å². The molecule has 0 aromatic rings. The van der Waals surface area contributed by atoms with Gasteiger partial charge in [0.2, 0.25) is 0 Å². The van der Waals surface area contributed by atoms with E-state index in [4.69, 9.17) is 28.4 Å². The van der Waals surface area contributed by atoms with Crippen molar-refractivity contribution in [1.29, 1.82) is 0 Å². The van der Waals surface area contributed by atoms with Gasteiger partial charge in [-0.05, 0) is 104 Å². The van der Waals surface area contributed by atoms with Gasteiger partial charge in [-0.1, -0.05) is 60.1 Å². The number of fused-ring (bicyclic) bond motifs is 7. The number of aliphatic hydroxyl groups excluding tert-OH is 9. The lowest BCUT2D eigenvalue weighted by molar-refractivity contribution is -0.387. The first-order valence-electron chi connectivity index (χ1n) is 23.7. The summed E-state index contributed by atoms with van der Waals surface area (Å²) < 4.78 is 36.1. The fourth-order valence-electron chi connectivity index (χ4n) is 14.8. The molecule has 366 valence electrons. The molecular formula is C47H76O17. The molecule has 10 N–H and O–H groups in total. The van der Waals surface area contributed by atoms with Crippen LogP contribution in [-0.2, 0) is 33.2 Å². The lowest BCUT2D eigenvalue weighted by atomic mass is 9.33. The zero-order valence-corrected chi connectivity index (χ0v) is 38.7. The number of rotatable bonds is 8. The quantitative estimate of drug-likeness (QED) is 0.122. The maximum absolute atomic E-state index is 12.4. The van der Waals surface area contributed by atoms with Crippen molar-refractivity contribution in [2.24, 2.45) is 50.2 Å². The summed E-state index contributed by atoms with van der Waals surface area (Å²) in [6.45, 7) is 16.8. The third-order valence-corrected chi connectivity index (χ3v) is 19.1. The summed E-state index contributed by atoms with van der Waals surface area (Å²) in [7, 11) is 0. The van der Waals surface area contributed by atoms with Gasteiger partial charge in [0.1, 0.15) is 54.9 Å². The fourth-order valence-corrected chi connectivity index (χ4v) is 14.8. The molecule has 0 aromatic carbocycles. The van der Waals surface area contributed by atoms with Crippen LogP contribution in [0.5, 0.6) is 0 Å². The van der Waals surface area contributed by atoms with Gasteiger partial charge in [0, 0.05) is 10.8 Å². The van der Waals surface area contributed by atoms with Crippen LogP contribution in [0.1, 0.15) is 113 Å². The Hall–Kier alpha value is -1.39. The smallest absolute Gasteiger partial charge is 0.335 e. The van der Waals surface area contributed by atoms with Gasteiger partial charge < -0.3 is 79.5 Å². The van der Waals surface area contributed by atoms with E-state index in [1.54, 1.807) is 0 Å². The van der Waals surface area contributed by atoms with Gasteiger partial charge in [0.15, 0.2) is 25.0 Å². The minimum atomic E-state index is -2.01. The Bertz CT molecular complexity index is 1760. The molecule has 0 spiro atoms. The Balaban J connectivity index is 1.06. The zero-order chi connectivity index (χ0) is 46.9. The van der Waals surface area contributed by atoms with Gasteiger partial charge in [0.05, 0.1) is 31.5 Å². The van der Waals surface area contributed by atoms with Crippen LogP contribution >= 0.6 is 0 Å². The molecule has 6 unspecified atom stereocenters. The number of carboxylic acid groups (broad SMARTS) is 1. The van der Waals surface area contributed by atoms with Gasteiger partial charge in [-0.25, -0.2) is 4.79 Å². The van der Waals surface area contributed by atoms with Crippen LogP contribution in [0.3, 0.4) is 0 Å². The van der Waals surface area contributed by atoms with Gasteiger partial charge >= 0.3 is 5.97 Å². The summed E-state index contributed by atoms with van der Waals surface area (Å²) in [5, 5.41) is 109. The molecular weight excluding hydrogens is 837 g/mol. The van der Waals surface area contributed by atoms with Crippen molar-refractivity contribution in [3.63, 3.8) is 0 Å². The first-order valence-corrected chi connectivity index (χ1v) is 23.7. The minimum Gasteiger partial charge on any atom is -0.479 e. The molecule has 5 aliphatic carbocycles. The lowest BCUT2D eigenvalue weighted by Crippen LogP contribution is -2.68. The Morgan fingerprint density at radius 1 is 0.703 bits per heavy atom. The number of ether oxygens (including phenoxy) is 6. The van der Waals surface area contributed by atoms with Crippen LogP contribution in [0.25, 0.3) is 0 Å². The Kier molecular flexibility index (Phi) is 13.0. The third-order valence-electron chi connectivity index (χ3n) is 19.1. The molecule has 8 rings (SSSR count).